The Bertz CT molecular complexity index is 403. The second-order valence-electron chi connectivity index (χ2n) is 4.91. The van der Waals surface area contributed by atoms with E-state index in [9.17, 15) is 30.0 Å². The lowest BCUT2D eigenvalue weighted by molar-refractivity contribution is -0.295. The Morgan fingerprint density at radius 1 is 1.43 bits per heavy atom. The Morgan fingerprint density at radius 2 is 2.00 bits per heavy atom. The summed E-state index contributed by atoms with van der Waals surface area (Å²) in [7, 11) is 0. The molecule has 1 heterocycles. The fourth-order valence-electron chi connectivity index (χ4n) is 2.14. The molecule has 0 radical (unpaired) electrons. The number of carbonyl (C=O) groups excluding carboxylic acids is 1. The number of carboxylic acid groups (broad SMARTS) is 1. The van der Waals surface area contributed by atoms with Crippen molar-refractivity contribution in [2.24, 2.45) is 0 Å². The number of ether oxygens (including phenoxy) is 1. The van der Waals surface area contributed by atoms with Crippen molar-refractivity contribution in [3.8, 4) is 0 Å². The van der Waals surface area contributed by atoms with E-state index >= 15 is 0 Å². The summed E-state index contributed by atoms with van der Waals surface area (Å²) in [5.41, 5.74) is 0. The van der Waals surface area contributed by atoms with Gasteiger partial charge in [-0.3, -0.25) is 4.79 Å². The van der Waals surface area contributed by atoms with Crippen LogP contribution in [0.5, 0.6) is 0 Å². The quantitative estimate of drug-likeness (QED) is 0.268. The van der Waals surface area contributed by atoms with Gasteiger partial charge in [0.1, 0.15) is 18.3 Å². The number of rotatable bonds is 5. The molecule has 1 fully saturated rings. The highest BCUT2D eigenvalue weighted by Gasteiger charge is 2.53. The van der Waals surface area contributed by atoms with Gasteiger partial charge < -0.3 is 40.7 Å². The highest BCUT2D eigenvalue weighted by Crippen LogP contribution is 2.30. The zero-order chi connectivity index (χ0) is 16.4. The Hall–Kier alpha value is -1.30. The van der Waals surface area contributed by atoms with Crippen molar-refractivity contribution >= 4 is 11.9 Å². The Kier molecular flexibility index (Phi) is 5.61. The van der Waals surface area contributed by atoms with Gasteiger partial charge in [0.2, 0.25) is 5.91 Å². The number of hydrogen-bond donors (Lipinski definition) is 7. The number of hydrogen-bond acceptors (Lipinski definition) is 8. The summed E-state index contributed by atoms with van der Waals surface area (Å²) >= 11 is 0. The van der Waals surface area contributed by atoms with Crippen LogP contribution in [-0.4, -0.2) is 85.4 Å². The van der Waals surface area contributed by atoms with Gasteiger partial charge in [-0.15, -0.1) is 0 Å². The highest BCUT2D eigenvalue weighted by atomic mass is 16.7. The maximum atomic E-state index is 11.1. The molecule has 0 spiro atoms. The van der Waals surface area contributed by atoms with E-state index in [0.29, 0.717) is 0 Å². The summed E-state index contributed by atoms with van der Waals surface area (Å²) in [4.78, 5) is 22.1. The van der Waals surface area contributed by atoms with E-state index in [4.69, 9.17) is 14.9 Å². The summed E-state index contributed by atoms with van der Waals surface area (Å²) in [6, 6.07) is -1.27. The molecule has 21 heavy (non-hydrogen) atoms. The molecule has 0 aliphatic carbocycles. The SMILES string of the molecule is CC(=O)N[C@H]1[C@H]([C@H](O)[C@@H](O)CO)OC(O)(C(=O)O)C[C@@H]1O. The number of aliphatic hydroxyl groups excluding tert-OH is 4. The van der Waals surface area contributed by atoms with Crippen molar-refractivity contribution in [3.63, 3.8) is 0 Å². The van der Waals surface area contributed by atoms with E-state index in [1.54, 1.807) is 0 Å². The van der Waals surface area contributed by atoms with Gasteiger partial charge in [-0.2, -0.15) is 0 Å². The van der Waals surface area contributed by atoms with Gasteiger partial charge in [0.25, 0.3) is 5.79 Å². The van der Waals surface area contributed by atoms with Gasteiger partial charge in [0.15, 0.2) is 0 Å². The number of nitrogens with one attached hydrogen (secondary N) is 1. The minimum Gasteiger partial charge on any atom is -0.477 e. The number of carboxylic acids is 1. The number of amides is 1. The van der Waals surface area contributed by atoms with E-state index in [0.717, 1.165) is 6.92 Å². The monoisotopic (exact) mass is 309 g/mol. The molecule has 0 aromatic rings. The fraction of sp³-hybridized carbons (Fsp3) is 0.818. The van der Waals surface area contributed by atoms with E-state index in [-0.39, 0.29) is 0 Å². The first-order valence-electron chi connectivity index (χ1n) is 6.18. The highest BCUT2D eigenvalue weighted by molar-refractivity contribution is 5.76. The molecule has 0 saturated carbocycles. The average molecular weight is 309 g/mol. The Labute approximate surface area is 119 Å². The van der Waals surface area contributed by atoms with Gasteiger partial charge in [0.05, 0.1) is 18.8 Å². The molecule has 0 aromatic carbocycles. The Morgan fingerprint density at radius 3 is 2.43 bits per heavy atom. The Balaban J connectivity index is 3.07. The first-order chi connectivity index (χ1) is 9.62. The summed E-state index contributed by atoms with van der Waals surface area (Å²) in [5, 5.41) is 59.0. The standard InChI is InChI=1S/C11H19NO9/c1-4(14)12-7-5(15)2-11(20,10(18)19)21-9(7)8(17)6(16)3-13/h5-9,13,15-17,20H,2-3H2,1H3,(H,12,14)(H,18,19)/t5-,6-,7+,8+,9+,11?/m0/s1. The molecule has 1 aliphatic rings. The van der Waals surface area contributed by atoms with Crippen LogP contribution in [0.4, 0.5) is 0 Å². The number of aliphatic carboxylic acids is 1. The van der Waals surface area contributed by atoms with Crippen LogP contribution in [0.2, 0.25) is 0 Å². The van der Waals surface area contributed by atoms with Crippen molar-refractivity contribution in [3.05, 3.63) is 0 Å². The molecule has 10 nitrogen and oxygen atoms in total. The minimum atomic E-state index is -2.78. The van der Waals surface area contributed by atoms with E-state index in [1.807, 2.05) is 0 Å². The predicted octanol–water partition coefficient (Wildman–Crippen LogP) is -3.87. The molecule has 0 bridgehead atoms. The molecule has 1 saturated heterocycles. The van der Waals surface area contributed by atoms with Crippen molar-refractivity contribution in [2.75, 3.05) is 6.61 Å². The maximum absolute atomic E-state index is 11.1. The van der Waals surface area contributed by atoms with Gasteiger partial charge in [-0.1, -0.05) is 0 Å². The molecule has 1 rings (SSSR count). The molecular formula is C11H19NO9. The second-order valence-corrected chi connectivity index (χ2v) is 4.91. The summed E-state index contributed by atoms with van der Waals surface area (Å²) in [6.45, 7) is 0.256. The van der Waals surface area contributed by atoms with Crippen LogP contribution in [0.15, 0.2) is 0 Å². The normalized spacial score (nSPS) is 35.8. The molecule has 1 aliphatic heterocycles. The van der Waals surface area contributed by atoms with Gasteiger partial charge in [-0.05, 0) is 0 Å². The minimum absolute atomic E-state index is 0.598. The third-order valence-electron chi connectivity index (χ3n) is 3.21. The molecular weight excluding hydrogens is 290 g/mol. The zero-order valence-corrected chi connectivity index (χ0v) is 11.2. The fourth-order valence-corrected chi connectivity index (χ4v) is 2.14. The number of carbonyl (C=O) groups is 2. The van der Waals surface area contributed by atoms with Crippen molar-refractivity contribution in [1.82, 2.24) is 5.32 Å². The van der Waals surface area contributed by atoms with Crippen LogP contribution in [0.25, 0.3) is 0 Å². The average Bonchev–Trinajstić information content (AvgIpc) is 2.39. The molecule has 1 unspecified atom stereocenters. The largest absolute Gasteiger partial charge is 0.477 e. The molecule has 1 amide bonds. The lowest BCUT2D eigenvalue weighted by atomic mass is 9.88. The molecule has 10 heteroatoms. The van der Waals surface area contributed by atoms with Crippen LogP contribution in [0.1, 0.15) is 13.3 Å². The van der Waals surface area contributed by atoms with E-state index < -0.39 is 61.1 Å². The third-order valence-corrected chi connectivity index (χ3v) is 3.21. The lowest BCUT2D eigenvalue weighted by Gasteiger charge is -2.44. The number of aliphatic hydroxyl groups is 5. The topological polar surface area (TPSA) is 177 Å². The summed E-state index contributed by atoms with van der Waals surface area (Å²) in [6.07, 6.45) is -7.48. The second kappa shape index (κ2) is 6.64. The molecule has 0 aromatic heterocycles. The summed E-state index contributed by atoms with van der Waals surface area (Å²) < 4.78 is 4.86. The van der Waals surface area contributed by atoms with Crippen molar-refractivity contribution < 1.29 is 45.0 Å². The first-order valence-corrected chi connectivity index (χ1v) is 6.18. The third kappa shape index (κ3) is 3.87. The maximum Gasteiger partial charge on any atom is 0.364 e. The van der Waals surface area contributed by atoms with Crippen LogP contribution in [-0.2, 0) is 14.3 Å². The van der Waals surface area contributed by atoms with Crippen LogP contribution < -0.4 is 5.32 Å². The predicted molar refractivity (Wildman–Crippen MR) is 64.8 cm³/mol. The van der Waals surface area contributed by atoms with Gasteiger partial charge in [0, 0.05) is 13.3 Å². The van der Waals surface area contributed by atoms with E-state index in [2.05, 4.69) is 5.32 Å². The van der Waals surface area contributed by atoms with Crippen LogP contribution >= 0.6 is 0 Å². The zero-order valence-electron chi connectivity index (χ0n) is 11.2. The van der Waals surface area contributed by atoms with Crippen LogP contribution in [0, 0.1) is 0 Å². The van der Waals surface area contributed by atoms with Crippen molar-refractivity contribution in [1.29, 1.82) is 0 Å². The van der Waals surface area contributed by atoms with Gasteiger partial charge >= 0.3 is 5.97 Å². The molecule has 122 valence electrons. The van der Waals surface area contributed by atoms with Crippen LogP contribution in [0.3, 0.4) is 0 Å². The van der Waals surface area contributed by atoms with E-state index in [1.165, 1.54) is 0 Å². The summed E-state index contributed by atoms with van der Waals surface area (Å²) in [5.74, 6) is -5.17. The smallest absolute Gasteiger partial charge is 0.364 e. The molecule has 6 atom stereocenters. The first kappa shape index (κ1) is 17.8. The van der Waals surface area contributed by atoms with Gasteiger partial charge in [-0.25, -0.2) is 4.79 Å². The lowest BCUT2D eigenvalue weighted by Crippen LogP contribution is -2.67. The molecule has 7 N–H and O–H groups in total. The van der Waals surface area contributed by atoms with Crippen molar-refractivity contribution in [2.45, 2.75) is 49.6 Å².